The molecule has 0 spiro atoms. The van der Waals surface area contributed by atoms with Gasteiger partial charge in [-0.2, -0.15) is 10.2 Å². The summed E-state index contributed by atoms with van der Waals surface area (Å²) in [5.74, 6) is 1.63. The summed E-state index contributed by atoms with van der Waals surface area (Å²) < 4.78 is 6.12. The lowest BCUT2D eigenvalue weighted by Gasteiger charge is -2.24. The van der Waals surface area contributed by atoms with Crippen molar-refractivity contribution in [3.05, 3.63) is 72.1 Å². The number of hydrogen-bond acceptors (Lipinski definition) is 6. The van der Waals surface area contributed by atoms with Crippen molar-refractivity contribution >= 4 is 50.2 Å². The second-order valence-electron chi connectivity index (χ2n) is 7.56. The highest BCUT2D eigenvalue weighted by Gasteiger charge is 2.35. The highest BCUT2D eigenvalue weighted by molar-refractivity contribution is 8.14. The fraction of sp³-hybridized carbons (Fsp3) is 0.174. The van der Waals surface area contributed by atoms with E-state index in [1.54, 1.807) is 11.8 Å². The normalized spacial score (nSPS) is 19.3. The molecule has 0 saturated heterocycles. The molecule has 0 bridgehead atoms. The van der Waals surface area contributed by atoms with Gasteiger partial charge in [0.05, 0.1) is 6.04 Å². The van der Waals surface area contributed by atoms with Crippen molar-refractivity contribution < 1.29 is 4.42 Å². The fourth-order valence-electron chi connectivity index (χ4n) is 4.04. The number of nitrogens with zero attached hydrogens (tertiary/aromatic N) is 4. The predicted molar refractivity (Wildman–Crippen MR) is 123 cm³/mol. The lowest BCUT2D eigenvalue weighted by molar-refractivity contribution is 0.378. The van der Waals surface area contributed by atoms with Crippen LogP contribution in [0.4, 0.5) is 0 Å². The molecule has 2 aromatic carbocycles. The van der Waals surface area contributed by atoms with Crippen LogP contribution in [-0.4, -0.2) is 32.3 Å². The van der Waals surface area contributed by atoms with Crippen LogP contribution in [0.2, 0.25) is 0 Å². The number of hydrogen-bond donors (Lipinski definition) is 1. The number of amidine groups is 1. The van der Waals surface area contributed by atoms with Crippen molar-refractivity contribution in [1.29, 1.82) is 0 Å². The minimum absolute atomic E-state index is 0.0317. The van der Waals surface area contributed by atoms with Gasteiger partial charge in [0.1, 0.15) is 11.3 Å². The van der Waals surface area contributed by atoms with Crippen LogP contribution in [0.15, 0.2) is 80.5 Å². The predicted octanol–water partition coefficient (Wildman–Crippen LogP) is 5.54. The zero-order valence-corrected chi connectivity index (χ0v) is 17.2. The molecule has 148 valence electrons. The number of aromatic amines is 1. The molecule has 4 aromatic rings. The first-order valence-electron chi connectivity index (χ1n) is 9.92. The van der Waals surface area contributed by atoms with E-state index < -0.39 is 0 Å². The van der Waals surface area contributed by atoms with Gasteiger partial charge >= 0.3 is 0 Å². The van der Waals surface area contributed by atoms with E-state index in [-0.39, 0.29) is 6.04 Å². The third-order valence-corrected chi connectivity index (χ3v) is 6.60. The number of para-hydroxylation sites is 2. The van der Waals surface area contributed by atoms with Crippen LogP contribution in [0.3, 0.4) is 0 Å². The molecule has 7 heteroatoms. The monoisotopic (exact) mass is 413 g/mol. The van der Waals surface area contributed by atoms with Gasteiger partial charge in [-0.05, 0) is 25.1 Å². The molecule has 0 saturated carbocycles. The molecule has 1 unspecified atom stereocenters. The molecule has 0 amide bonds. The van der Waals surface area contributed by atoms with Gasteiger partial charge in [0.15, 0.2) is 5.76 Å². The Balaban J connectivity index is 1.45. The Morgan fingerprint density at radius 1 is 1.10 bits per heavy atom. The minimum Gasteiger partial charge on any atom is -0.455 e. The number of nitrogens with one attached hydrogen (secondary N) is 1. The van der Waals surface area contributed by atoms with Gasteiger partial charge in [-0.25, -0.2) is 5.01 Å². The zero-order valence-electron chi connectivity index (χ0n) is 16.4. The maximum Gasteiger partial charge on any atom is 0.206 e. The van der Waals surface area contributed by atoms with E-state index in [0.717, 1.165) is 51.0 Å². The van der Waals surface area contributed by atoms with Crippen molar-refractivity contribution in [3.8, 4) is 0 Å². The Hall–Kier alpha value is -3.32. The first kappa shape index (κ1) is 17.5. The van der Waals surface area contributed by atoms with E-state index in [1.165, 1.54) is 10.9 Å². The molecule has 6 rings (SSSR count). The summed E-state index contributed by atoms with van der Waals surface area (Å²) in [6, 6.07) is 18.5. The Morgan fingerprint density at radius 2 is 1.97 bits per heavy atom. The van der Waals surface area contributed by atoms with E-state index >= 15 is 0 Å². The summed E-state index contributed by atoms with van der Waals surface area (Å²) in [5, 5.41) is 18.8. The Morgan fingerprint density at radius 3 is 2.83 bits per heavy atom. The summed E-state index contributed by atoms with van der Waals surface area (Å²) in [6.45, 7) is 2.00. The van der Waals surface area contributed by atoms with Gasteiger partial charge in [0, 0.05) is 45.9 Å². The molecule has 6 nitrogen and oxygen atoms in total. The molecular weight excluding hydrogens is 394 g/mol. The van der Waals surface area contributed by atoms with Gasteiger partial charge in [-0.1, -0.05) is 48.2 Å². The maximum absolute atomic E-state index is 6.12. The quantitative estimate of drug-likeness (QED) is 0.469. The number of furan rings is 1. The fourth-order valence-corrected chi connectivity index (χ4v) is 4.83. The summed E-state index contributed by atoms with van der Waals surface area (Å²) in [6.07, 6.45) is 2.83. The molecule has 0 aliphatic carbocycles. The average Bonchev–Trinajstić information content (AvgIpc) is 3.50. The lowest BCUT2D eigenvalue weighted by Crippen LogP contribution is -2.26. The van der Waals surface area contributed by atoms with Crippen LogP contribution in [0.1, 0.15) is 30.7 Å². The number of benzene rings is 2. The van der Waals surface area contributed by atoms with E-state index in [1.807, 2.05) is 36.2 Å². The van der Waals surface area contributed by atoms with Crippen molar-refractivity contribution in [3.63, 3.8) is 0 Å². The summed E-state index contributed by atoms with van der Waals surface area (Å²) in [5.41, 5.74) is 5.15. The summed E-state index contributed by atoms with van der Waals surface area (Å²) in [7, 11) is 0. The molecule has 2 aliphatic rings. The van der Waals surface area contributed by atoms with Crippen molar-refractivity contribution in [2.24, 2.45) is 15.3 Å². The van der Waals surface area contributed by atoms with Gasteiger partial charge in [-0.3, -0.25) is 0 Å². The molecule has 2 aromatic heterocycles. The number of hydrazone groups is 1. The topological polar surface area (TPSA) is 69.2 Å². The van der Waals surface area contributed by atoms with Gasteiger partial charge in [-0.15, -0.1) is 5.10 Å². The molecule has 1 atom stereocenters. The van der Waals surface area contributed by atoms with Crippen LogP contribution < -0.4 is 0 Å². The average molecular weight is 414 g/mol. The lowest BCUT2D eigenvalue weighted by atomic mass is 10.0. The first-order valence-corrected chi connectivity index (χ1v) is 10.9. The second kappa shape index (κ2) is 6.88. The van der Waals surface area contributed by atoms with Crippen LogP contribution in [0.25, 0.3) is 21.9 Å². The summed E-state index contributed by atoms with van der Waals surface area (Å²) in [4.78, 5) is 3.40. The first-order chi connectivity index (χ1) is 14.8. The van der Waals surface area contributed by atoms with Gasteiger partial charge in [0.25, 0.3) is 0 Å². The largest absolute Gasteiger partial charge is 0.455 e. The molecule has 2 aliphatic heterocycles. The number of fused-ring (bicyclic) bond motifs is 2. The third-order valence-electron chi connectivity index (χ3n) is 5.51. The number of H-pyrrole nitrogens is 1. The molecule has 4 heterocycles. The Bertz CT molecular complexity index is 1330. The number of rotatable bonds is 2. The van der Waals surface area contributed by atoms with E-state index in [0.29, 0.717) is 0 Å². The smallest absolute Gasteiger partial charge is 0.206 e. The zero-order chi connectivity index (χ0) is 20.1. The van der Waals surface area contributed by atoms with Crippen LogP contribution in [0, 0.1) is 0 Å². The Labute approximate surface area is 177 Å². The van der Waals surface area contributed by atoms with E-state index in [2.05, 4.69) is 51.7 Å². The molecule has 1 N–H and O–H groups in total. The Kier molecular flexibility index (Phi) is 4.02. The third kappa shape index (κ3) is 2.85. The van der Waals surface area contributed by atoms with Gasteiger partial charge < -0.3 is 9.40 Å². The van der Waals surface area contributed by atoms with Gasteiger partial charge in [0.2, 0.25) is 5.17 Å². The van der Waals surface area contributed by atoms with E-state index in [9.17, 15) is 0 Å². The standard InChI is InChI=1S/C23H19N5OS/c1-14-13-30-23(26-25-14)28-20(17-12-24-18-8-4-3-7-16(17)18)11-19(27-28)22-10-15-6-2-5-9-21(15)29-22/h2-10,12,20,24H,11,13H2,1H3. The molecule has 30 heavy (non-hydrogen) atoms. The highest BCUT2D eigenvalue weighted by Crippen LogP contribution is 2.39. The number of aromatic nitrogens is 1. The van der Waals surface area contributed by atoms with E-state index in [4.69, 9.17) is 9.52 Å². The molecular formula is C23H19N5OS. The SMILES string of the molecule is CC1=NN=C(N2N=C(c3cc4ccccc4o3)CC2c2c[nH]c3ccccc23)SC1. The van der Waals surface area contributed by atoms with Crippen LogP contribution >= 0.6 is 11.8 Å². The summed E-state index contributed by atoms with van der Waals surface area (Å²) >= 11 is 1.67. The minimum atomic E-state index is 0.0317. The van der Waals surface area contributed by atoms with Crippen LogP contribution in [-0.2, 0) is 0 Å². The van der Waals surface area contributed by atoms with Crippen molar-refractivity contribution in [2.45, 2.75) is 19.4 Å². The maximum atomic E-state index is 6.12. The number of thioether (sulfide) groups is 1. The second-order valence-corrected chi connectivity index (χ2v) is 8.50. The van der Waals surface area contributed by atoms with Crippen molar-refractivity contribution in [1.82, 2.24) is 9.99 Å². The molecule has 0 fully saturated rings. The van der Waals surface area contributed by atoms with Crippen LogP contribution in [0.5, 0.6) is 0 Å². The highest BCUT2D eigenvalue weighted by atomic mass is 32.2. The van der Waals surface area contributed by atoms with Crippen molar-refractivity contribution in [2.75, 3.05) is 5.75 Å². The molecule has 0 radical (unpaired) electrons.